The molecule has 166 valence electrons. The molecule has 0 spiro atoms. The van der Waals surface area contributed by atoms with Gasteiger partial charge in [0.25, 0.3) is 0 Å². The minimum atomic E-state index is -1.17. The zero-order chi connectivity index (χ0) is 20.2. The third-order valence-electron chi connectivity index (χ3n) is 9.26. The molecule has 0 nitrogen and oxygen atoms in total. The fraction of sp³-hybridized carbons (Fsp3) is 0.692. The second kappa shape index (κ2) is 9.87. The van der Waals surface area contributed by atoms with E-state index in [4.69, 9.17) is 0 Å². The van der Waals surface area contributed by atoms with Crippen LogP contribution in [0.5, 0.6) is 0 Å². The first kappa shape index (κ1) is 26.9. The molecule has 1 heterocycles. The van der Waals surface area contributed by atoms with Gasteiger partial charge in [0.15, 0.2) is 0 Å². The van der Waals surface area contributed by atoms with Gasteiger partial charge in [-0.2, -0.15) is 0 Å². The second-order valence-corrected chi connectivity index (χ2v) is 20.7. The van der Waals surface area contributed by atoms with E-state index >= 15 is 0 Å². The van der Waals surface area contributed by atoms with Crippen molar-refractivity contribution in [2.45, 2.75) is 101 Å². The molecule has 4 heteroatoms. The third-order valence-corrected chi connectivity index (χ3v) is 25.6. The number of halogens is 2. The van der Waals surface area contributed by atoms with Gasteiger partial charge in [-0.05, 0) is 0 Å². The van der Waals surface area contributed by atoms with Gasteiger partial charge in [0, 0.05) is 0 Å². The molecule has 3 aliphatic carbocycles. The van der Waals surface area contributed by atoms with Gasteiger partial charge in [0.05, 0.1) is 0 Å². The summed E-state index contributed by atoms with van der Waals surface area (Å²) in [7, 11) is -1.17. The average molecular weight is 543 g/mol. The number of rotatable bonds is 6. The van der Waals surface area contributed by atoms with E-state index in [0.717, 1.165) is 8.66 Å². The Kier molecular flexibility index (Phi) is 8.84. The van der Waals surface area contributed by atoms with Crippen LogP contribution in [0.15, 0.2) is 43.8 Å². The van der Waals surface area contributed by atoms with Crippen LogP contribution in [0, 0.1) is 11.3 Å². The summed E-state index contributed by atoms with van der Waals surface area (Å²) < 4.78 is 2.70. The van der Waals surface area contributed by atoms with Crippen LogP contribution in [0.1, 0.15) is 80.1 Å². The first-order valence-corrected chi connectivity index (χ1v) is 16.9. The topological polar surface area (TPSA) is 0 Å². The molecule has 0 N–H and O–H groups in total. The third kappa shape index (κ3) is 3.93. The molecule has 0 aromatic carbocycles. The molecule has 2 atom stereocenters. The van der Waals surface area contributed by atoms with Crippen LogP contribution in [0.25, 0.3) is 0 Å². The smallest absolute Gasteiger partial charge is 1.00 e. The molecule has 2 fully saturated rings. The van der Waals surface area contributed by atoms with Crippen LogP contribution in [0.4, 0.5) is 0 Å². The van der Waals surface area contributed by atoms with Crippen LogP contribution in [0.2, 0.25) is 20.9 Å². The van der Waals surface area contributed by atoms with Gasteiger partial charge in [-0.1, -0.05) is 0 Å². The van der Waals surface area contributed by atoms with Crippen molar-refractivity contribution in [2.24, 2.45) is 11.3 Å². The number of hydrogen-bond donors (Lipinski definition) is 0. The zero-order valence-electron chi connectivity index (χ0n) is 19.9. The number of allylic oxidation sites excluding steroid dienone is 8. The van der Waals surface area contributed by atoms with E-state index in [1.54, 1.807) is 47.7 Å². The largest absolute Gasteiger partial charge is 1.00 e. The molecule has 2 unspecified atom stereocenters. The monoisotopic (exact) mass is 540 g/mol. The molecule has 0 aromatic rings. The minimum Gasteiger partial charge on any atom is -1.00 e. The Morgan fingerprint density at radius 3 is 2.33 bits per heavy atom. The predicted molar refractivity (Wildman–Crippen MR) is 122 cm³/mol. The molecule has 4 aliphatic rings. The van der Waals surface area contributed by atoms with Gasteiger partial charge < -0.3 is 24.8 Å². The summed E-state index contributed by atoms with van der Waals surface area (Å²) in [4.78, 5) is 0. The summed E-state index contributed by atoms with van der Waals surface area (Å²) in [5.41, 5.74) is 7.33. The maximum Gasteiger partial charge on any atom is -1.00 e. The van der Waals surface area contributed by atoms with Crippen LogP contribution in [0.3, 0.4) is 0 Å². The molecule has 0 radical (unpaired) electrons. The second-order valence-electron chi connectivity index (χ2n) is 10.7. The predicted octanol–water partition coefficient (Wildman–Crippen LogP) is 2.37. The zero-order valence-corrected chi connectivity index (χ0v) is 24.9. The molecule has 0 bridgehead atoms. The van der Waals surface area contributed by atoms with Gasteiger partial charge in [0.1, 0.15) is 0 Å². The molecular formula is C26H40Cl2SiZr. The van der Waals surface area contributed by atoms with Gasteiger partial charge >= 0.3 is 187 Å². The summed E-state index contributed by atoms with van der Waals surface area (Å²) in [5, 5.41) is 0. The van der Waals surface area contributed by atoms with Crippen molar-refractivity contribution in [3.05, 3.63) is 43.8 Å². The molecule has 30 heavy (non-hydrogen) atoms. The number of hydrogen-bond acceptors (Lipinski definition) is 0. The van der Waals surface area contributed by atoms with Crippen molar-refractivity contribution in [3.8, 4) is 0 Å². The summed E-state index contributed by atoms with van der Waals surface area (Å²) in [6.07, 6.45) is 16.4. The van der Waals surface area contributed by atoms with Crippen molar-refractivity contribution >= 4 is 8.07 Å². The Morgan fingerprint density at radius 1 is 1.10 bits per heavy atom. The van der Waals surface area contributed by atoms with E-state index in [2.05, 4.69) is 59.8 Å². The van der Waals surface area contributed by atoms with E-state index in [-0.39, 0.29) is 24.8 Å². The van der Waals surface area contributed by atoms with Gasteiger partial charge in [-0.25, -0.2) is 0 Å². The van der Waals surface area contributed by atoms with E-state index in [1.165, 1.54) is 25.7 Å². The fourth-order valence-corrected chi connectivity index (χ4v) is 23.1. The standard InChI is InChI=1S/C16H25Si.C10H15.2ClH.Zr/c1-2-3-11-17(12-6-13-17)16-10-9-14-7-4-5-8-15(14)16;1-7-6-10(4,5)9(3)8(7)2;;;/h4-5,8,14H,2-3,6-7,9-13H2,1H3;1-5H3;2*1H;/q;;;;+2/p-2. The summed E-state index contributed by atoms with van der Waals surface area (Å²) in [5.74, 6) is 0.901. The average Bonchev–Trinajstić information content (AvgIpc) is 3.09. The normalized spacial score (nSPS) is 30.7. The maximum atomic E-state index is 2.64. The maximum absolute atomic E-state index is 2.64. The SMILES string of the molecule is CCCC[Si]1([C]2([Zr+2][C]3=C(C)C(C)=C(C)C3(C)C)CCC3CC=CC=C32)CCC1.[Cl-].[Cl-]. The Hall–Kier alpha value is 0.640. The van der Waals surface area contributed by atoms with Crippen molar-refractivity contribution in [2.75, 3.05) is 0 Å². The summed E-state index contributed by atoms with van der Waals surface area (Å²) >= 11 is -0.699. The first-order valence-electron chi connectivity index (χ1n) is 11.8. The Labute approximate surface area is 210 Å². The Bertz CT molecular complexity index is 785. The van der Waals surface area contributed by atoms with Crippen molar-refractivity contribution in [3.63, 3.8) is 0 Å². The molecule has 0 aromatic heterocycles. The van der Waals surface area contributed by atoms with E-state index in [9.17, 15) is 0 Å². The van der Waals surface area contributed by atoms with Crippen molar-refractivity contribution in [1.29, 1.82) is 0 Å². The van der Waals surface area contributed by atoms with Crippen LogP contribution < -0.4 is 24.8 Å². The summed E-state index contributed by atoms with van der Waals surface area (Å²) in [6.45, 7) is 14.8. The Balaban J connectivity index is 0.00000160. The minimum absolute atomic E-state index is 0. The molecule has 0 amide bonds. The Morgan fingerprint density at radius 2 is 1.80 bits per heavy atom. The van der Waals surface area contributed by atoms with Crippen molar-refractivity contribution in [1.82, 2.24) is 0 Å². The fourth-order valence-electron chi connectivity index (χ4n) is 6.88. The first-order chi connectivity index (χ1) is 13.3. The quantitative estimate of drug-likeness (QED) is 0.453. The number of unbranched alkanes of at least 4 members (excludes halogenated alkanes) is 1. The molecule has 1 saturated carbocycles. The van der Waals surface area contributed by atoms with E-state index < -0.39 is 31.3 Å². The van der Waals surface area contributed by atoms with Gasteiger partial charge in [-0.15, -0.1) is 0 Å². The van der Waals surface area contributed by atoms with Gasteiger partial charge in [0.2, 0.25) is 0 Å². The number of fused-ring (bicyclic) bond motifs is 1. The van der Waals surface area contributed by atoms with E-state index in [1.807, 2.05) is 8.85 Å². The molecule has 1 saturated heterocycles. The van der Waals surface area contributed by atoms with Gasteiger partial charge in [-0.3, -0.25) is 0 Å². The van der Waals surface area contributed by atoms with Crippen LogP contribution >= 0.6 is 0 Å². The molecule has 4 rings (SSSR count). The molecular weight excluding hydrogens is 503 g/mol. The van der Waals surface area contributed by atoms with Crippen LogP contribution in [-0.2, 0) is 23.2 Å². The summed E-state index contributed by atoms with van der Waals surface area (Å²) in [6, 6.07) is 4.94. The van der Waals surface area contributed by atoms with Crippen LogP contribution in [-0.4, -0.2) is 8.07 Å². The van der Waals surface area contributed by atoms with Crippen molar-refractivity contribution < 1.29 is 48.0 Å². The molecule has 1 aliphatic heterocycles. The van der Waals surface area contributed by atoms with E-state index in [0.29, 0.717) is 5.41 Å².